The van der Waals surface area contributed by atoms with Crippen molar-refractivity contribution in [2.24, 2.45) is 5.92 Å². The summed E-state index contributed by atoms with van der Waals surface area (Å²) in [6.45, 7) is 0.152. The van der Waals surface area contributed by atoms with Crippen molar-refractivity contribution < 1.29 is 26.3 Å². The Labute approximate surface area is 90.0 Å². The fourth-order valence-corrected chi connectivity index (χ4v) is 3.39. The lowest BCUT2D eigenvalue weighted by Crippen LogP contribution is -2.43. The van der Waals surface area contributed by atoms with Gasteiger partial charge in [-0.3, -0.25) is 0 Å². The SMILES string of the molecule is O=S(=O)(Cl)C(C1CCCOC1)C(F)(F)F. The topological polar surface area (TPSA) is 43.4 Å². The third kappa shape index (κ3) is 3.49. The van der Waals surface area contributed by atoms with Crippen LogP contribution < -0.4 is 0 Å². The van der Waals surface area contributed by atoms with Crippen molar-refractivity contribution in [3.05, 3.63) is 0 Å². The van der Waals surface area contributed by atoms with E-state index in [1.807, 2.05) is 0 Å². The van der Waals surface area contributed by atoms with Crippen LogP contribution in [0.2, 0.25) is 0 Å². The maximum absolute atomic E-state index is 12.5. The van der Waals surface area contributed by atoms with Crippen molar-refractivity contribution in [3.63, 3.8) is 0 Å². The van der Waals surface area contributed by atoms with Gasteiger partial charge in [-0.25, -0.2) is 8.42 Å². The van der Waals surface area contributed by atoms with Crippen molar-refractivity contribution >= 4 is 19.7 Å². The number of ether oxygens (including phenoxy) is 1. The maximum atomic E-state index is 12.5. The van der Waals surface area contributed by atoms with Crippen LogP contribution in [0.25, 0.3) is 0 Å². The van der Waals surface area contributed by atoms with Gasteiger partial charge in [0.05, 0.1) is 6.61 Å². The molecule has 90 valence electrons. The van der Waals surface area contributed by atoms with Crippen LogP contribution in [0.1, 0.15) is 12.8 Å². The van der Waals surface area contributed by atoms with E-state index in [9.17, 15) is 21.6 Å². The summed E-state index contributed by atoms with van der Waals surface area (Å²) in [6.07, 6.45) is -4.26. The van der Waals surface area contributed by atoms with Gasteiger partial charge < -0.3 is 4.74 Å². The molecule has 1 heterocycles. The molecule has 0 bridgehead atoms. The van der Waals surface area contributed by atoms with Crippen molar-refractivity contribution in [2.45, 2.75) is 24.3 Å². The molecule has 0 radical (unpaired) electrons. The number of hydrogen-bond donors (Lipinski definition) is 0. The maximum Gasteiger partial charge on any atom is 0.407 e. The molecule has 3 nitrogen and oxygen atoms in total. The third-order valence-electron chi connectivity index (χ3n) is 2.25. The van der Waals surface area contributed by atoms with Gasteiger partial charge in [-0.15, -0.1) is 0 Å². The molecule has 15 heavy (non-hydrogen) atoms. The van der Waals surface area contributed by atoms with Crippen LogP contribution in [0.5, 0.6) is 0 Å². The molecule has 2 atom stereocenters. The normalized spacial score (nSPS) is 26.3. The van der Waals surface area contributed by atoms with Crippen LogP contribution in [-0.2, 0) is 13.8 Å². The first-order chi connectivity index (χ1) is 6.73. The Bertz CT molecular complexity index is 308. The number of alkyl halides is 3. The van der Waals surface area contributed by atoms with Gasteiger partial charge in [0, 0.05) is 23.2 Å². The highest BCUT2D eigenvalue weighted by Gasteiger charge is 2.52. The Kier molecular flexibility index (Phi) is 3.89. The van der Waals surface area contributed by atoms with Crippen molar-refractivity contribution in [2.75, 3.05) is 13.2 Å². The van der Waals surface area contributed by atoms with Crippen LogP contribution in [0, 0.1) is 5.92 Å². The summed E-state index contributed by atoms with van der Waals surface area (Å²) in [5.41, 5.74) is 0. The molecule has 1 saturated heterocycles. The highest BCUT2D eigenvalue weighted by molar-refractivity contribution is 8.14. The summed E-state index contributed by atoms with van der Waals surface area (Å²) in [5, 5.41) is -2.52. The average Bonchev–Trinajstić information content (AvgIpc) is 2.00. The molecule has 8 heteroatoms. The zero-order valence-electron chi connectivity index (χ0n) is 7.63. The molecule has 0 aliphatic carbocycles. The minimum absolute atomic E-state index is 0.163. The molecule has 0 aromatic carbocycles. The molecule has 0 aromatic heterocycles. The Hall–Kier alpha value is -0.0100. The Morgan fingerprint density at radius 1 is 1.40 bits per heavy atom. The first kappa shape index (κ1) is 13.1. The van der Waals surface area contributed by atoms with E-state index in [0.29, 0.717) is 13.0 Å². The Morgan fingerprint density at radius 2 is 2.00 bits per heavy atom. The first-order valence-corrected chi connectivity index (χ1v) is 6.68. The predicted molar refractivity (Wildman–Crippen MR) is 48.2 cm³/mol. The third-order valence-corrected chi connectivity index (χ3v) is 4.08. The van der Waals surface area contributed by atoms with Crippen LogP contribution in [0.3, 0.4) is 0 Å². The van der Waals surface area contributed by atoms with E-state index in [2.05, 4.69) is 0 Å². The average molecular weight is 267 g/mol. The fraction of sp³-hybridized carbons (Fsp3) is 1.00. The van der Waals surface area contributed by atoms with E-state index in [4.69, 9.17) is 15.4 Å². The van der Waals surface area contributed by atoms with Crippen LogP contribution in [-0.4, -0.2) is 33.1 Å². The minimum atomic E-state index is -4.84. The molecule has 2 unspecified atom stereocenters. The summed E-state index contributed by atoms with van der Waals surface area (Å²) in [6, 6.07) is 0. The van der Waals surface area contributed by atoms with Gasteiger partial charge in [0.15, 0.2) is 5.25 Å². The van der Waals surface area contributed by atoms with E-state index in [1.165, 1.54) is 0 Å². The molecular weight excluding hydrogens is 257 g/mol. The lowest BCUT2D eigenvalue weighted by Gasteiger charge is -2.29. The quantitative estimate of drug-likeness (QED) is 0.717. The molecule has 1 aliphatic rings. The molecule has 0 N–H and O–H groups in total. The molecule has 1 aliphatic heterocycles. The van der Waals surface area contributed by atoms with Crippen LogP contribution in [0.15, 0.2) is 0 Å². The molecule has 0 amide bonds. The second-order valence-corrected chi connectivity index (χ2v) is 6.16. The summed E-state index contributed by atoms with van der Waals surface area (Å²) in [7, 11) is 0.159. The smallest absolute Gasteiger partial charge is 0.381 e. The second-order valence-electron chi connectivity index (χ2n) is 3.42. The zero-order chi connectivity index (χ0) is 11.7. The van der Waals surface area contributed by atoms with Crippen molar-refractivity contribution in [1.29, 1.82) is 0 Å². The summed E-state index contributed by atoms with van der Waals surface area (Å²) in [4.78, 5) is 0. The fourth-order valence-electron chi connectivity index (χ4n) is 1.66. The molecule has 0 spiro atoms. The van der Waals surface area contributed by atoms with Crippen molar-refractivity contribution in [1.82, 2.24) is 0 Å². The number of rotatable bonds is 2. The standard InChI is InChI=1S/C7H10ClF3O3S/c8-15(12,13)6(7(9,10)11)5-2-1-3-14-4-5/h5-6H,1-4H2. The summed E-state index contributed by atoms with van der Waals surface area (Å²) >= 11 is 0. The first-order valence-electron chi connectivity index (χ1n) is 4.31. The highest BCUT2D eigenvalue weighted by Crippen LogP contribution is 2.36. The summed E-state index contributed by atoms with van der Waals surface area (Å²) in [5.74, 6) is -1.10. The van der Waals surface area contributed by atoms with Crippen LogP contribution in [0.4, 0.5) is 13.2 Å². The highest BCUT2D eigenvalue weighted by atomic mass is 35.7. The van der Waals surface area contributed by atoms with Gasteiger partial charge in [0.2, 0.25) is 9.05 Å². The second kappa shape index (κ2) is 4.47. The minimum Gasteiger partial charge on any atom is -0.381 e. The molecule has 0 aromatic rings. The van der Waals surface area contributed by atoms with Crippen molar-refractivity contribution in [3.8, 4) is 0 Å². The largest absolute Gasteiger partial charge is 0.407 e. The summed E-state index contributed by atoms with van der Waals surface area (Å²) < 4.78 is 64.0. The van der Waals surface area contributed by atoms with Gasteiger partial charge in [-0.2, -0.15) is 13.2 Å². The molecule has 1 rings (SSSR count). The van der Waals surface area contributed by atoms with Gasteiger partial charge in [0.1, 0.15) is 0 Å². The number of hydrogen-bond acceptors (Lipinski definition) is 3. The van der Waals surface area contributed by atoms with Crippen LogP contribution >= 0.6 is 10.7 Å². The Balaban J connectivity index is 2.91. The van der Waals surface area contributed by atoms with Gasteiger partial charge >= 0.3 is 6.18 Å². The molecular formula is C7H10ClF3O3S. The van der Waals surface area contributed by atoms with Gasteiger partial charge in [0.25, 0.3) is 0 Å². The lowest BCUT2D eigenvalue weighted by atomic mass is 9.98. The monoisotopic (exact) mass is 266 g/mol. The molecule has 1 fully saturated rings. The van der Waals surface area contributed by atoms with E-state index in [0.717, 1.165) is 0 Å². The van der Waals surface area contributed by atoms with E-state index < -0.39 is 26.4 Å². The lowest BCUT2D eigenvalue weighted by molar-refractivity contribution is -0.147. The van der Waals surface area contributed by atoms with E-state index in [1.54, 1.807) is 0 Å². The van der Waals surface area contributed by atoms with Gasteiger partial charge in [-0.05, 0) is 12.8 Å². The van der Waals surface area contributed by atoms with E-state index in [-0.39, 0.29) is 13.0 Å². The zero-order valence-corrected chi connectivity index (χ0v) is 9.20. The predicted octanol–water partition coefficient (Wildman–Crippen LogP) is 1.91. The molecule has 0 saturated carbocycles. The Morgan fingerprint density at radius 3 is 2.33 bits per heavy atom. The number of halogens is 4. The van der Waals surface area contributed by atoms with Gasteiger partial charge in [-0.1, -0.05) is 0 Å². The van der Waals surface area contributed by atoms with E-state index >= 15 is 0 Å².